The van der Waals surface area contributed by atoms with Crippen molar-refractivity contribution in [2.24, 2.45) is 11.7 Å². The predicted octanol–water partition coefficient (Wildman–Crippen LogP) is 6.22. The number of hydrogen-bond donors (Lipinski definition) is 2. The molecule has 32 heavy (non-hydrogen) atoms. The second-order valence-corrected chi connectivity index (χ2v) is 9.99. The van der Waals surface area contributed by atoms with E-state index in [1.807, 2.05) is 18.2 Å². The topological polar surface area (TPSA) is 53.1 Å². The van der Waals surface area contributed by atoms with Crippen LogP contribution < -0.4 is 5.73 Å². The maximum absolute atomic E-state index is 7.75. The summed E-state index contributed by atoms with van der Waals surface area (Å²) in [6.45, 7) is 9.87. The summed E-state index contributed by atoms with van der Waals surface area (Å²) in [7, 11) is 2.27. The summed E-state index contributed by atoms with van der Waals surface area (Å²) in [5.74, 6) is 1.86. The van der Waals surface area contributed by atoms with Gasteiger partial charge < -0.3 is 5.73 Å². The molecule has 0 radical (unpaired) electrons. The number of benzene rings is 3. The SMILES string of the molecule is C=Cc1cc(C2CC2c2ccc3c(c2)C(C(C)C)N(C)CC3)cc2ccc(C(=N)N)cc12. The van der Waals surface area contributed by atoms with E-state index in [4.69, 9.17) is 11.1 Å². The maximum Gasteiger partial charge on any atom is 0.122 e. The van der Waals surface area contributed by atoms with Crippen LogP contribution in [0.1, 0.15) is 71.5 Å². The fourth-order valence-corrected chi connectivity index (χ4v) is 5.78. The van der Waals surface area contributed by atoms with Crippen molar-refractivity contribution in [3.05, 3.63) is 88.5 Å². The average Bonchev–Trinajstić information content (AvgIpc) is 3.58. The Hall–Kier alpha value is -2.91. The average molecular weight is 424 g/mol. The van der Waals surface area contributed by atoms with E-state index in [9.17, 15) is 0 Å². The Morgan fingerprint density at radius 3 is 2.59 bits per heavy atom. The number of nitrogens with two attached hydrogens (primary N) is 1. The molecule has 5 rings (SSSR count). The van der Waals surface area contributed by atoms with Crippen LogP contribution in [0.4, 0.5) is 0 Å². The normalized spacial score (nSPS) is 22.7. The first kappa shape index (κ1) is 21.0. The second-order valence-electron chi connectivity index (χ2n) is 9.99. The Morgan fingerprint density at radius 2 is 1.88 bits per heavy atom. The summed E-state index contributed by atoms with van der Waals surface area (Å²) in [5.41, 5.74) is 13.5. The fraction of sp³-hybridized carbons (Fsp3) is 0.345. The lowest BCUT2D eigenvalue weighted by Crippen LogP contribution is -2.35. The molecule has 0 amide bonds. The lowest BCUT2D eigenvalue weighted by molar-refractivity contribution is 0.181. The molecule has 0 spiro atoms. The predicted molar refractivity (Wildman–Crippen MR) is 136 cm³/mol. The van der Waals surface area contributed by atoms with Gasteiger partial charge in [-0.1, -0.05) is 69.0 Å². The molecular formula is C29H33N3. The van der Waals surface area contributed by atoms with Gasteiger partial charge in [0.2, 0.25) is 0 Å². The molecular weight excluding hydrogens is 390 g/mol. The molecule has 0 saturated heterocycles. The Kier molecular flexibility index (Phi) is 5.17. The van der Waals surface area contributed by atoms with Crippen LogP contribution in [0.5, 0.6) is 0 Å². The van der Waals surface area contributed by atoms with Gasteiger partial charge in [-0.3, -0.25) is 10.3 Å². The molecule has 1 aliphatic heterocycles. The lowest BCUT2D eigenvalue weighted by Gasteiger charge is -2.37. The van der Waals surface area contributed by atoms with Gasteiger partial charge in [-0.25, -0.2) is 0 Å². The third-order valence-electron chi connectivity index (χ3n) is 7.52. The van der Waals surface area contributed by atoms with Gasteiger partial charge >= 0.3 is 0 Å². The molecule has 3 unspecified atom stereocenters. The number of fused-ring (bicyclic) bond motifs is 2. The van der Waals surface area contributed by atoms with Gasteiger partial charge in [0.05, 0.1) is 0 Å². The van der Waals surface area contributed by atoms with E-state index in [1.54, 1.807) is 5.56 Å². The molecule has 3 N–H and O–H groups in total. The summed E-state index contributed by atoms with van der Waals surface area (Å²) in [6, 6.07) is 18.4. The lowest BCUT2D eigenvalue weighted by atomic mass is 9.85. The molecule has 1 aliphatic carbocycles. The summed E-state index contributed by atoms with van der Waals surface area (Å²) in [5, 5.41) is 10.1. The summed E-state index contributed by atoms with van der Waals surface area (Å²) >= 11 is 0. The highest BCUT2D eigenvalue weighted by atomic mass is 15.1. The molecule has 3 nitrogen and oxygen atoms in total. The molecule has 1 heterocycles. The molecule has 3 aromatic rings. The van der Waals surface area contributed by atoms with E-state index >= 15 is 0 Å². The quantitative estimate of drug-likeness (QED) is 0.378. The monoisotopic (exact) mass is 423 g/mol. The van der Waals surface area contributed by atoms with Gasteiger partial charge in [0.15, 0.2) is 0 Å². The van der Waals surface area contributed by atoms with Gasteiger partial charge in [-0.2, -0.15) is 0 Å². The summed E-state index contributed by atoms with van der Waals surface area (Å²) < 4.78 is 0. The van der Waals surface area contributed by atoms with E-state index in [-0.39, 0.29) is 5.84 Å². The van der Waals surface area contributed by atoms with Gasteiger partial charge in [0.25, 0.3) is 0 Å². The van der Waals surface area contributed by atoms with E-state index in [0.29, 0.717) is 23.8 Å². The fourth-order valence-electron chi connectivity index (χ4n) is 5.78. The first-order chi connectivity index (χ1) is 15.4. The number of nitrogens with zero attached hydrogens (tertiary/aromatic N) is 1. The Balaban J connectivity index is 1.48. The van der Waals surface area contributed by atoms with E-state index < -0.39 is 0 Å². The maximum atomic E-state index is 7.75. The number of nitrogen functional groups attached to an aromatic ring is 1. The number of hydrogen-bond acceptors (Lipinski definition) is 2. The van der Waals surface area contributed by atoms with Crippen molar-refractivity contribution in [3.63, 3.8) is 0 Å². The Morgan fingerprint density at radius 1 is 1.09 bits per heavy atom. The largest absolute Gasteiger partial charge is 0.384 e. The van der Waals surface area contributed by atoms with Crippen molar-refractivity contribution in [1.29, 1.82) is 5.41 Å². The number of likely N-dealkylation sites (N-methyl/N-ethyl adjacent to an activating group) is 1. The number of nitrogens with one attached hydrogen (secondary N) is 1. The van der Waals surface area contributed by atoms with Crippen molar-refractivity contribution in [2.75, 3.05) is 13.6 Å². The molecule has 1 saturated carbocycles. The molecule has 3 heteroatoms. The molecule has 0 aromatic heterocycles. The Bertz CT molecular complexity index is 1220. The minimum atomic E-state index is 0.103. The zero-order chi connectivity index (χ0) is 22.6. The molecule has 0 bridgehead atoms. The smallest absolute Gasteiger partial charge is 0.122 e. The van der Waals surface area contributed by atoms with Crippen LogP contribution >= 0.6 is 0 Å². The third-order valence-corrected chi connectivity index (χ3v) is 7.52. The minimum absolute atomic E-state index is 0.103. The van der Waals surface area contributed by atoms with Crippen molar-refractivity contribution >= 4 is 22.7 Å². The van der Waals surface area contributed by atoms with E-state index in [0.717, 1.165) is 29.5 Å². The number of rotatable bonds is 5. The summed E-state index contributed by atoms with van der Waals surface area (Å²) in [6.07, 6.45) is 4.28. The van der Waals surface area contributed by atoms with Crippen molar-refractivity contribution in [2.45, 2.75) is 44.6 Å². The number of amidine groups is 1. The third kappa shape index (κ3) is 3.55. The summed E-state index contributed by atoms with van der Waals surface area (Å²) in [4.78, 5) is 2.52. The highest BCUT2D eigenvalue weighted by Gasteiger charge is 2.40. The first-order valence-corrected chi connectivity index (χ1v) is 11.7. The van der Waals surface area contributed by atoms with Gasteiger partial charge in [-0.05, 0) is 82.3 Å². The van der Waals surface area contributed by atoms with Gasteiger partial charge in [0, 0.05) is 18.2 Å². The first-order valence-electron chi connectivity index (χ1n) is 11.7. The van der Waals surface area contributed by atoms with Crippen molar-refractivity contribution < 1.29 is 0 Å². The van der Waals surface area contributed by atoms with Crippen LogP contribution in [0.2, 0.25) is 0 Å². The molecule has 2 aliphatic rings. The van der Waals surface area contributed by atoms with E-state index in [2.05, 4.69) is 68.8 Å². The van der Waals surface area contributed by atoms with Crippen LogP contribution in [-0.4, -0.2) is 24.3 Å². The molecule has 3 aromatic carbocycles. The van der Waals surface area contributed by atoms with Crippen LogP contribution in [0.25, 0.3) is 16.8 Å². The van der Waals surface area contributed by atoms with Gasteiger partial charge in [0.1, 0.15) is 5.84 Å². The Labute approximate surface area is 191 Å². The molecule has 164 valence electrons. The standard InChI is InChI=1S/C29H33N3/c1-5-18-12-23(13-20-8-9-22(29(30)31)15-24(18)20)26-16-25(26)21-7-6-19-10-11-32(4)28(17(2)3)27(19)14-21/h5-9,12-15,17,25-26,28H,1,10-11,16H2,2-4H3,(H3,30,31). The van der Waals surface area contributed by atoms with Crippen LogP contribution in [0.15, 0.2) is 55.1 Å². The van der Waals surface area contributed by atoms with Crippen LogP contribution in [0, 0.1) is 11.3 Å². The van der Waals surface area contributed by atoms with Crippen molar-refractivity contribution in [1.82, 2.24) is 4.90 Å². The van der Waals surface area contributed by atoms with E-state index in [1.165, 1.54) is 28.5 Å². The molecule has 3 atom stereocenters. The van der Waals surface area contributed by atoms with Crippen LogP contribution in [0.3, 0.4) is 0 Å². The molecule has 1 fully saturated rings. The van der Waals surface area contributed by atoms with Crippen molar-refractivity contribution in [3.8, 4) is 0 Å². The highest BCUT2D eigenvalue weighted by molar-refractivity contribution is 6.01. The minimum Gasteiger partial charge on any atom is -0.384 e. The van der Waals surface area contributed by atoms with Gasteiger partial charge in [-0.15, -0.1) is 0 Å². The zero-order valence-electron chi connectivity index (χ0n) is 19.4. The highest BCUT2D eigenvalue weighted by Crippen LogP contribution is 2.56. The zero-order valence-corrected chi connectivity index (χ0v) is 19.4. The van der Waals surface area contributed by atoms with Crippen LogP contribution in [-0.2, 0) is 6.42 Å². The second kappa shape index (κ2) is 7.90.